The highest BCUT2D eigenvalue weighted by molar-refractivity contribution is 5.35. The van der Waals surface area contributed by atoms with Gasteiger partial charge >= 0.3 is 0 Å². The normalized spacial score (nSPS) is 11.1. The molecular weight excluding hydrogens is 208 g/mol. The molecule has 2 rings (SSSR count). The van der Waals surface area contributed by atoms with Crippen LogP contribution in [-0.2, 0) is 6.42 Å². The van der Waals surface area contributed by atoms with E-state index >= 15 is 0 Å². The van der Waals surface area contributed by atoms with E-state index in [1.54, 1.807) is 0 Å². The lowest BCUT2D eigenvalue weighted by Crippen LogP contribution is -2.16. The number of aromatic amines is 1. The predicted octanol–water partition coefficient (Wildman–Crippen LogP) is 0.127. The second-order valence-electron chi connectivity index (χ2n) is 3.65. The molecule has 0 saturated carbocycles. The minimum absolute atomic E-state index is 0.0778. The molecule has 0 amide bonds. The zero-order valence-corrected chi connectivity index (χ0v) is 9.10. The summed E-state index contributed by atoms with van der Waals surface area (Å²) < 4.78 is 1.42. The van der Waals surface area contributed by atoms with E-state index in [2.05, 4.69) is 27.2 Å². The maximum absolute atomic E-state index is 11.4. The molecule has 0 unspecified atom stereocenters. The summed E-state index contributed by atoms with van der Waals surface area (Å²) >= 11 is 0. The molecule has 3 N–H and O–H groups in total. The molecule has 86 valence electrons. The molecule has 0 spiro atoms. The van der Waals surface area contributed by atoms with Gasteiger partial charge in [-0.1, -0.05) is 19.8 Å². The summed E-state index contributed by atoms with van der Waals surface area (Å²) in [4.78, 5) is 13.8. The Labute approximate surface area is 91.7 Å². The highest BCUT2D eigenvalue weighted by atomic mass is 16.1. The van der Waals surface area contributed by atoms with Crippen molar-refractivity contribution in [3.63, 3.8) is 0 Å². The van der Waals surface area contributed by atoms with E-state index in [1.165, 1.54) is 4.52 Å². The topological polar surface area (TPSA) is 102 Å². The van der Waals surface area contributed by atoms with E-state index in [4.69, 9.17) is 5.73 Å². The van der Waals surface area contributed by atoms with Gasteiger partial charge < -0.3 is 5.73 Å². The van der Waals surface area contributed by atoms with Crippen LogP contribution in [0.25, 0.3) is 5.65 Å². The summed E-state index contributed by atoms with van der Waals surface area (Å²) in [5.74, 6) is 0.760. The van der Waals surface area contributed by atoms with Crippen molar-refractivity contribution in [2.75, 3.05) is 5.73 Å². The van der Waals surface area contributed by atoms with Crippen molar-refractivity contribution in [1.29, 1.82) is 0 Å². The first-order valence-electron chi connectivity index (χ1n) is 5.32. The molecule has 16 heavy (non-hydrogen) atoms. The summed E-state index contributed by atoms with van der Waals surface area (Å²) in [6.07, 6.45) is 4.01. The maximum Gasteiger partial charge on any atom is 0.297 e. The smallest absolute Gasteiger partial charge is 0.297 e. The molecule has 0 aromatic carbocycles. The van der Waals surface area contributed by atoms with Gasteiger partial charge in [0.05, 0.1) is 0 Å². The average Bonchev–Trinajstić information content (AvgIpc) is 2.62. The van der Waals surface area contributed by atoms with Gasteiger partial charge in [-0.2, -0.15) is 4.52 Å². The number of hydrogen-bond donors (Lipinski definition) is 2. The Morgan fingerprint density at radius 3 is 2.94 bits per heavy atom. The van der Waals surface area contributed by atoms with Crippen LogP contribution in [0, 0.1) is 0 Å². The van der Waals surface area contributed by atoms with E-state index in [1.807, 2.05) is 0 Å². The molecular formula is C9H14N6O. The number of nitrogens with one attached hydrogen (secondary N) is 1. The summed E-state index contributed by atoms with van der Waals surface area (Å²) in [5, 5.41) is 11.7. The molecule has 0 aliphatic rings. The minimum atomic E-state index is -0.359. The van der Waals surface area contributed by atoms with Crippen LogP contribution in [0.3, 0.4) is 0 Å². The van der Waals surface area contributed by atoms with Crippen molar-refractivity contribution in [2.45, 2.75) is 32.6 Å². The molecule has 0 aliphatic heterocycles. The Balaban J connectivity index is 2.36. The first-order chi connectivity index (χ1) is 7.72. The Morgan fingerprint density at radius 2 is 2.19 bits per heavy atom. The van der Waals surface area contributed by atoms with Crippen molar-refractivity contribution in [1.82, 2.24) is 24.8 Å². The van der Waals surface area contributed by atoms with E-state index in [0.29, 0.717) is 5.82 Å². The molecule has 0 bridgehead atoms. The number of fused-ring (bicyclic) bond motifs is 1. The molecule has 2 aromatic heterocycles. The lowest BCUT2D eigenvalue weighted by atomic mass is 10.2. The molecule has 0 radical (unpaired) electrons. The highest BCUT2D eigenvalue weighted by Gasteiger charge is 2.09. The molecule has 2 aromatic rings. The van der Waals surface area contributed by atoms with Crippen LogP contribution in [0.4, 0.5) is 5.95 Å². The van der Waals surface area contributed by atoms with Gasteiger partial charge in [-0.05, 0) is 6.42 Å². The number of nitrogen functional groups attached to an aromatic ring is 1. The van der Waals surface area contributed by atoms with Crippen LogP contribution in [0.15, 0.2) is 4.79 Å². The van der Waals surface area contributed by atoms with Gasteiger partial charge in [-0.3, -0.25) is 9.78 Å². The van der Waals surface area contributed by atoms with Crippen molar-refractivity contribution < 1.29 is 0 Å². The lowest BCUT2D eigenvalue weighted by Gasteiger charge is -1.98. The van der Waals surface area contributed by atoms with E-state index in [0.717, 1.165) is 25.7 Å². The van der Waals surface area contributed by atoms with Crippen molar-refractivity contribution in [3.05, 3.63) is 16.2 Å². The van der Waals surface area contributed by atoms with Gasteiger partial charge in [0.2, 0.25) is 11.6 Å². The largest absolute Gasteiger partial charge is 0.368 e. The monoisotopic (exact) mass is 222 g/mol. The SMILES string of the molecule is CCCCCc1nnc2c(=O)[nH]c(N)nn12. The first-order valence-corrected chi connectivity index (χ1v) is 5.32. The number of unbranched alkanes of at least 4 members (excludes halogenated alkanes) is 2. The Kier molecular flexibility index (Phi) is 2.84. The Hall–Kier alpha value is -1.92. The van der Waals surface area contributed by atoms with Crippen molar-refractivity contribution >= 4 is 11.6 Å². The van der Waals surface area contributed by atoms with Crippen LogP contribution < -0.4 is 11.3 Å². The average molecular weight is 222 g/mol. The van der Waals surface area contributed by atoms with Gasteiger partial charge in [0.1, 0.15) is 0 Å². The van der Waals surface area contributed by atoms with Gasteiger partial charge in [0.15, 0.2) is 5.82 Å². The van der Waals surface area contributed by atoms with Crippen molar-refractivity contribution in [3.8, 4) is 0 Å². The number of rotatable bonds is 4. The predicted molar refractivity (Wildman–Crippen MR) is 59.0 cm³/mol. The van der Waals surface area contributed by atoms with Gasteiger partial charge in [-0.15, -0.1) is 15.3 Å². The minimum Gasteiger partial charge on any atom is -0.368 e. The van der Waals surface area contributed by atoms with Gasteiger partial charge in [0, 0.05) is 6.42 Å². The number of H-pyrrole nitrogens is 1. The molecule has 0 aliphatic carbocycles. The molecule has 0 atom stereocenters. The quantitative estimate of drug-likeness (QED) is 0.716. The van der Waals surface area contributed by atoms with E-state index in [-0.39, 0.29) is 17.2 Å². The zero-order chi connectivity index (χ0) is 11.5. The Morgan fingerprint density at radius 1 is 1.38 bits per heavy atom. The summed E-state index contributed by atoms with van der Waals surface area (Å²) in [6, 6.07) is 0. The third-order valence-corrected chi connectivity index (χ3v) is 2.36. The maximum atomic E-state index is 11.4. The fourth-order valence-electron chi connectivity index (χ4n) is 1.55. The number of aromatic nitrogens is 5. The van der Waals surface area contributed by atoms with E-state index in [9.17, 15) is 4.79 Å². The number of anilines is 1. The molecule has 0 saturated heterocycles. The number of hydrogen-bond acceptors (Lipinski definition) is 5. The van der Waals surface area contributed by atoms with Crippen LogP contribution >= 0.6 is 0 Å². The summed E-state index contributed by atoms with van der Waals surface area (Å²) in [5.41, 5.74) is 5.30. The van der Waals surface area contributed by atoms with Crippen LogP contribution in [0.5, 0.6) is 0 Å². The third-order valence-electron chi connectivity index (χ3n) is 2.36. The van der Waals surface area contributed by atoms with Gasteiger partial charge in [-0.25, -0.2) is 0 Å². The summed E-state index contributed by atoms with van der Waals surface area (Å²) in [7, 11) is 0. The Bertz CT molecular complexity index is 542. The van der Waals surface area contributed by atoms with Crippen LogP contribution in [0.2, 0.25) is 0 Å². The zero-order valence-electron chi connectivity index (χ0n) is 9.10. The van der Waals surface area contributed by atoms with Gasteiger partial charge in [0.25, 0.3) is 5.56 Å². The lowest BCUT2D eigenvalue weighted by molar-refractivity contribution is 0.674. The van der Waals surface area contributed by atoms with Crippen LogP contribution in [-0.4, -0.2) is 24.8 Å². The third kappa shape index (κ3) is 1.88. The van der Waals surface area contributed by atoms with Crippen LogP contribution in [0.1, 0.15) is 32.0 Å². The highest BCUT2D eigenvalue weighted by Crippen LogP contribution is 2.04. The summed E-state index contributed by atoms with van der Waals surface area (Å²) in [6.45, 7) is 2.13. The number of nitrogens with two attached hydrogens (primary N) is 1. The first kappa shape index (κ1) is 10.6. The second-order valence-corrected chi connectivity index (χ2v) is 3.65. The molecule has 7 nitrogen and oxygen atoms in total. The fourth-order valence-corrected chi connectivity index (χ4v) is 1.55. The molecule has 7 heteroatoms. The standard InChI is InChI=1S/C9H14N6O/c1-2-3-4-5-6-12-13-7-8(16)11-9(10)14-15(6)7/h2-5H2,1H3,(H3,10,11,14,16). The van der Waals surface area contributed by atoms with E-state index < -0.39 is 0 Å². The van der Waals surface area contributed by atoms with Crippen molar-refractivity contribution in [2.24, 2.45) is 0 Å². The number of nitrogens with zero attached hydrogens (tertiary/aromatic N) is 4. The fraction of sp³-hybridized carbons (Fsp3) is 0.556. The second kappa shape index (κ2) is 4.30. The molecule has 0 fully saturated rings. The molecule has 2 heterocycles. The number of aryl methyl sites for hydroxylation is 1.